The number of hydrogen-bond acceptors (Lipinski definition) is 7. The van der Waals surface area contributed by atoms with Crippen molar-refractivity contribution >= 4 is 39.8 Å². The van der Waals surface area contributed by atoms with Gasteiger partial charge in [-0.05, 0) is 19.1 Å². The first-order valence-corrected chi connectivity index (χ1v) is 8.68. The Balaban J connectivity index is 1.90. The van der Waals surface area contributed by atoms with E-state index in [-0.39, 0.29) is 5.69 Å². The maximum Gasteiger partial charge on any atom is 0.237 e. The summed E-state index contributed by atoms with van der Waals surface area (Å²) in [6.07, 6.45) is 0. The van der Waals surface area contributed by atoms with E-state index in [4.69, 9.17) is 4.74 Å². The van der Waals surface area contributed by atoms with Crippen LogP contribution < -0.4 is 10.6 Å². The highest BCUT2D eigenvalue weighted by molar-refractivity contribution is 8.02. The molecule has 1 atom stereocenters. The summed E-state index contributed by atoms with van der Waals surface area (Å²) in [7, 11) is 1.60. The van der Waals surface area contributed by atoms with E-state index in [9.17, 15) is 13.6 Å². The van der Waals surface area contributed by atoms with Gasteiger partial charge < -0.3 is 15.4 Å². The van der Waals surface area contributed by atoms with Gasteiger partial charge in [0.15, 0.2) is 4.34 Å². The minimum Gasteiger partial charge on any atom is -0.383 e. The van der Waals surface area contributed by atoms with Crippen molar-refractivity contribution in [3.8, 4) is 0 Å². The van der Waals surface area contributed by atoms with Crippen LogP contribution in [0, 0.1) is 11.6 Å². The molecule has 0 saturated heterocycles. The standard InChI is InChI=1S/C14H16F2N4O2S2/c1-8(12(21)18-11-7-9(15)3-4-10(11)16)23-14-20-19-13(24-14)17-5-6-22-2/h3-4,7-8H,5-6H2,1-2H3,(H,17,19)(H,18,21)/t8-/m1/s1. The molecular weight excluding hydrogens is 358 g/mol. The smallest absolute Gasteiger partial charge is 0.237 e. The van der Waals surface area contributed by atoms with Crippen molar-refractivity contribution in [3.05, 3.63) is 29.8 Å². The van der Waals surface area contributed by atoms with Gasteiger partial charge >= 0.3 is 0 Å². The fourth-order valence-electron chi connectivity index (χ4n) is 1.62. The molecule has 0 fully saturated rings. The summed E-state index contributed by atoms with van der Waals surface area (Å²) in [5.74, 6) is -1.76. The lowest BCUT2D eigenvalue weighted by Gasteiger charge is -2.10. The molecule has 10 heteroatoms. The van der Waals surface area contributed by atoms with Crippen LogP contribution in [0.5, 0.6) is 0 Å². The zero-order valence-corrected chi connectivity index (χ0v) is 14.6. The number of benzene rings is 1. The zero-order valence-electron chi connectivity index (χ0n) is 13.0. The van der Waals surface area contributed by atoms with Crippen molar-refractivity contribution < 1.29 is 18.3 Å². The summed E-state index contributed by atoms with van der Waals surface area (Å²) >= 11 is 2.49. The number of rotatable bonds is 8. The van der Waals surface area contributed by atoms with Crippen molar-refractivity contribution in [1.82, 2.24) is 10.2 Å². The number of ether oxygens (including phenoxy) is 1. The lowest BCUT2D eigenvalue weighted by Crippen LogP contribution is -2.23. The minimum absolute atomic E-state index is 0.188. The number of nitrogens with one attached hydrogen (secondary N) is 2. The summed E-state index contributed by atoms with van der Waals surface area (Å²) in [4.78, 5) is 12.1. The van der Waals surface area contributed by atoms with E-state index in [1.807, 2.05) is 0 Å². The van der Waals surface area contributed by atoms with E-state index >= 15 is 0 Å². The predicted octanol–water partition coefficient (Wildman–Crippen LogP) is 2.99. The van der Waals surface area contributed by atoms with Gasteiger partial charge in [-0.2, -0.15) is 0 Å². The Kier molecular flexibility index (Phi) is 6.88. The summed E-state index contributed by atoms with van der Waals surface area (Å²) < 4.78 is 32.2. The quantitative estimate of drug-likeness (QED) is 0.546. The number of thioether (sulfide) groups is 1. The highest BCUT2D eigenvalue weighted by Crippen LogP contribution is 2.29. The molecule has 0 aliphatic carbocycles. The topological polar surface area (TPSA) is 76.1 Å². The summed E-state index contributed by atoms with van der Waals surface area (Å²) in [5.41, 5.74) is -0.188. The molecule has 24 heavy (non-hydrogen) atoms. The maximum absolute atomic E-state index is 13.5. The molecule has 0 unspecified atom stereocenters. The van der Waals surface area contributed by atoms with E-state index in [0.717, 1.165) is 18.2 Å². The molecule has 2 N–H and O–H groups in total. The molecule has 0 aliphatic heterocycles. The summed E-state index contributed by atoms with van der Waals surface area (Å²) in [6, 6.07) is 2.89. The number of amides is 1. The maximum atomic E-state index is 13.5. The Hall–Kier alpha value is -1.78. The summed E-state index contributed by atoms with van der Waals surface area (Å²) in [6.45, 7) is 2.79. The van der Waals surface area contributed by atoms with Crippen LogP contribution in [0.1, 0.15) is 6.92 Å². The Morgan fingerprint density at radius 3 is 2.96 bits per heavy atom. The van der Waals surface area contributed by atoms with Gasteiger partial charge in [0.25, 0.3) is 0 Å². The van der Waals surface area contributed by atoms with Crippen molar-refractivity contribution in [2.75, 3.05) is 30.9 Å². The summed E-state index contributed by atoms with van der Waals surface area (Å²) in [5, 5.41) is 13.4. The van der Waals surface area contributed by atoms with Gasteiger partial charge in [0.2, 0.25) is 11.0 Å². The molecule has 6 nitrogen and oxygen atoms in total. The Bertz CT molecular complexity index is 699. The average Bonchev–Trinajstić information content (AvgIpc) is 2.98. The van der Waals surface area contributed by atoms with Crippen LogP contribution in [-0.4, -0.2) is 41.6 Å². The SMILES string of the molecule is COCCNc1nnc(S[C@H](C)C(=O)Nc2cc(F)ccc2F)s1. The van der Waals surface area contributed by atoms with Gasteiger partial charge in [0.05, 0.1) is 17.5 Å². The van der Waals surface area contributed by atoms with Crippen LogP contribution in [0.25, 0.3) is 0 Å². The number of aromatic nitrogens is 2. The highest BCUT2D eigenvalue weighted by Gasteiger charge is 2.18. The van der Waals surface area contributed by atoms with E-state index in [1.54, 1.807) is 14.0 Å². The second kappa shape index (κ2) is 8.90. The Morgan fingerprint density at radius 1 is 1.42 bits per heavy atom. The van der Waals surface area contributed by atoms with Crippen LogP contribution in [0.15, 0.2) is 22.5 Å². The number of carbonyl (C=O) groups is 1. The lowest BCUT2D eigenvalue weighted by molar-refractivity contribution is -0.115. The van der Waals surface area contributed by atoms with E-state index in [0.29, 0.717) is 22.6 Å². The average molecular weight is 374 g/mol. The van der Waals surface area contributed by atoms with E-state index < -0.39 is 22.8 Å². The molecule has 1 aromatic heterocycles. The fourth-order valence-corrected chi connectivity index (χ4v) is 3.54. The second-order valence-electron chi connectivity index (χ2n) is 4.67. The van der Waals surface area contributed by atoms with Crippen molar-refractivity contribution in [2.45, 2.75) is 16.5 Å². The largest absolute Gasteiger partial charge is 0.383 e. The van der Waals surface area contributed by atoms with Gasteiger partial charge in [-0.25, -0.2) is 8.78 Å². The molecule has 1 amide bonds. The third-order valence-electron chi connectivity index (χ3n) is 2.82. The first-order chi connectivity index (χ1) is 11.5. The monoisotopic (exact) mass is 374 g/mol. The van der Waals surface area contributed by atoms with Crippen molar-refractivity contribution in [1.29, 1.82) is 0 Å². The number of anilines is 2. The molecule has 0 aliphatic rings. The lowest BCUT2D eigenvalue weighted by atomic mass is 10.3. The molecule has 2 rings (SSSR count). The van der Waals surface area contributed by atoms with Gasteiger partial charge in [0, 0.05) is 19.7 Å². The van der Waals surface area contributed by atoms with Crippen molar-refractivity contribution in [3.63, 3.8) is 0 Å². The highest BCUT2D eigenvalue weighted by atomic mass is 32.2. The second-order valence-corrected chi connectivity index (χ2v) is 7.23. The van der Waals surface area contributed by atoms with Gasteiger partial charge in [-0.1, -0.05) is 23.1 Å². The number of halogens is 2. The molecule has 130 valence electrons. The molecule has 2 aromatic rings. The van der Waals surface area contributed by atoms with Crippen LogP contribution in [0.4, 0.5) is 19.6 Å². The number of carbonyl (C=O) groups excluding carboxylic acids is 1. The fraction of sp³-hybridized carbons (Fsp3) is 0.357. The molecule has 0 saturated carbocycles. The Labute approximate surface area is 146 Å². The molecule has 0 radical (unpaired) electrons. The first kappa shape index (κ1) is 18.6. The molecule has 1 heterocycles. The van der Waals surface area contributed by atoms with E-state index in [2.05, 4.69) is 20.8 Å². The third-order valence-corrected chi connectivity index (χ3v) is 4.89. The normalized spacial score (nSPS) is 12.0. The Morgan fingerprint density at radius 2 is 2.21 bits per heavy atom. The van der Waals surface area contributed by atoms with Crippen molar-refractivity contribution in [2.24, 2.45) is 0 Å². The molecule has 0 bridgehead atoms. The third kappa shape index (κ3) is 5.39. The zero-order chi connectivity index (χ0) is 17.5. The minimum atomic E-state index is -0.692. The number of hydrogen-bond donors (Lipinski definition) is 2. The van der Waals surface area contributed by atoms with Crippen LogP contribution in [0.3, 0.4) is 0 Å². The number of nitrogens with zero attached hydrogens (tertiary/aromatic N) is 2. The van der Waals surface area contributed by atoms with Crippen LogP contribution in [-0.2, 0) is 9.53 Å². The molecule has 1 aromatic carbocycles. The molecular formula is C14H16F2N4O2S2. The predicted molar refractivity (Wildman–Crippen MR) is 90.6 cm³/mol. The number of methoxy groups -OCH3 is 1. The van der Waals surface area contributed by atoms with Crippen LogP contribution in [0.2, 0.25) is 0 Å². The molecule has 0 spiro atoms. The van der Waals surface area contributed by atoms with E-state index in [1.165, 1.54) is 23.1 Å². The van der Waals surface area contributed by atoms with Gasteiger partial charge in [-0.3, -0.25) is 4.79 Å². The first-order valence-electron chi connectivity index (χ1n) is 6.98. The van der Waals surface area contributed by atoms with Gasteiger partial charge in [-0.15, -0.1) is 10.2 Å². The van der Waals surface area contributed by atoms with Crippen LogP contribution >= 0.6 is 23.1 Å². The van der Waals surface area contributed by atoms with Gasteiger partial charge in [0.1, 0.15) is 11.6 Å².